The minimum Gasteiger partial charge on any atom is -0.489 e. The van der Waals surface area contributed by atoms with Crippen LogP contribution in [0.5, 0.6) is 5.75 Å². The van der Waals surface area contributed by atoms with Crippen molar-refractivity contribution in [2.75, 3.05) is 0 Å². The van der Waals surface area contributed by atoms with Crippen LogP contribution in [0.15, 0.2) is 83.9 Å². The molecule has 0 amide bonds. The van der Waals surface area contributed by atoms with Gasteiger partial charge in [0.15, 0.2) is 11.6 Å². The monoisotopic (exact) mass is 447 g/mol. The van der Waals surface area contributed by atoms with Crippen LogP contribution < -0.4 is 10.3 Å². The molecule has 164 valence electrons. The minimum absolute atomic E-state index is 0.0421. The molecule has 0 aliphatic rings. The molecule has 8 heteroatoms. The maximum absolute atomic E-state index is 14.0. The van der Waals surface area contributed by atoms with E-state index in [1.165, 1.54) is 4.68 Å². The molecule has 2 heterocycles. The number of nitrogens with zero attached hydrogens (tertiary/aromatic N) is 2. The predicted octanol–water partition coefficient (Wildman–Crippen LogP) is 5.38. The molecule has 0 aliphatic heterocycles. The van der Waals surface area contributed by atoms with Gasteiger partial charge in [-0.15, -0.1) is 0 Å². The second kappa shape index (κ2) is 8.31. The molecule has 3 aromatic carbocycles. The number of halogens is 3. The van der Waals surface area contributed by atoms with Crippen LogP contribution >= 0.6 is 0 Å². The number of ether oxygens (including phenoxy) is 1. The average molecular weight is 447 g/mol. The fraction of sp³-hybridized carbons (Fsp3) is 0.0400. The average Bonchev–Trinajstić information content (AvgIpc) is 3.18. The highest BCUT2D eigenvalue weighted by Gasteiger charge is 2.13. The summed E-state index contributed by atoms with van der Waals surface area (Å²) in [4.78, 5) is 16.8. The van der Waals surface area contributed by atoms with Gasteiger partial charge in [-0.2, -0.15) is 0 Å². The summed E-state index contributed by atoms with van der Waals surface area (Å²) in [7, 11) is 0. The van der Waals surface area contributed by atoms with E-state index in [1.54, 1.807) is 60.9 Å². The molecule has 0 saturated carbocycles. The van der Waals surface area contributed by atoms with Crippen molar-refractivity contribution < 1.29 is 17.9 Å². The molecule has 0 unspecified atom stereocenters. The van der Waals surface area contributed by atoms with Crippen molar-refractivity contribution in [2.45, 2.75) is 6.61 Å². The Hall–Kier alpha value is -4.33. The van der Waals surface area contributed by atoms with E-state index >= 15 is 0 Å². The van der Waals surface area contributed by atoms with Crippen molar-refractivity contribution in [1.29, 1.82) is 0 Å². The Labute approximate surface area is 185 Å². The van der Waals surface area contributed by atoms with Crippen LogP contribution in [0.3, 0.4) is 0 Å². The van der Waals surface area contributed by atoms with E-state index in [1.807, 2.05) is 6.07 Å². The number of fused-ring (bicyclic) bond motifs is 1. The number of pyridine rings is 1. The van der Waals surface area contributed by atoms with Gasteiger partial charge in [0.25, 0.3) is 5.56 Å². The van der Waals surface area contributed by atoms with E-state index in [0.29, 0.717) is 34.0 Å². The molecule has 1 N–H and O–H groups in total. The van der Waals surface area contributed by atoms with Gasteiger partial charge in [0.2, 0.25) is 0 Å². The summed E-state index contributed by atoms with van der Waals surface area (Å²) in [6.45, 7) is 0.170. The van der Waals surface area contributed by atoms with Crippen molar-refractivity contribution in [1.82, 2.24) is 14.8 Å². The fourth-order valence-corrected chi connectivity index (χ4v) is 3.62. The Morgan fingerprint density at radius 1 is 0.909 bits per heavy atom. The zero-order chi connectivity index (χ0) is 22.9. The first-order valence-corrected chi connectivity index (χ1v) is 10.0. The molecule has 0 radical (unpaired) electrons. The van der Waals surface area contributed by atoms with Gasteiger partial charge in [-0.05, 0) is 42.0 Å². The third kappa shape index (κ3) is 3.87. The van der Waals surface area contributed by atoms with Crippen LogP contribution in [-0.2, 0) is 6.61 Å². The third-order valence-corrected chi connectivity index (χ3v) is 5.28. The molecule has 5 nitrogen and oxygen atoms in total. The maximum atomic E-state index is 14.0. The number of rotatable bonds is 5. The Morgan fingerprint density at radius 2 is 1.70 bits per heavy atom. The molecule has 0 saturated heterocycles. The second-order valence-corrected chi connectivity index (χ2v) is 7.36. The SMILES string of the molecule is O=c1c2cccc(COc3ccc(-c4cc(F)c(F)cc4F)cc3)c2[nH]n1-c1cccnc1. The van der Waals surface area contributed by atoms with Crippen molar-refractivity contribution in [3.63, 3.8) is 0 Å². The van der Waals surface area contributed by atoms with E-state index in [0.717, 1.165) is 11.6 Å². The van der Waals surface area contributed by atoms with E-state index in [9.17, 15) is 18.0 Å². The maximum Gasteiger partial charge on any atom is 0.279 e. The van der Waals surface area contributed by atoms with Gasteiger partial charge < -0.3 is 4.74 Å². The van der Waals surface area contributed by atoms with Crippen molar-refractivity contribution >= 4 is 10.9 Å². The molecule has 33 heavy (non-hydrogen) atoms. The van der Waals surface area contributed by atoms with Crippen molar-refractivity contribution in [2.24, 2.45) is 0 Å². The smallest absolute Gasteiger partial charge is 0.279 e. The first-order valence-electron chi connectivity index (χ1n) is 10.0. The van der Waals surface area contributed by atoms with Gasteiger partial charge in [-0.1, -0.05) is 24.3 Å². The van der Waals surface area contributed by atoms with Crippen molar-refractivity contribution in [3.8, 4) is 22.6 Å². The van der Waals surface area contributed by atoms with Gasteiger partial charge in [-0.3, -0.25) is 14.9 Å². The van der Waals surface area contributed by atoms with Gasteiger partial charge in [0.05, 0.1) is 22.8 Å². The number of H-pyrrole nitrogens is 1. The van der Waals surface area contributed by atoms with Crippen LogP contribution in [0, 0.1) is 17.5 Å². The number of hydrogen-bond acceptors (Lipinski definition) is 3. The number of hydrogen-bond donors (Lipinski definition) is 1. The number of benzene rings is 3. The first kappa shape index (κ1) is 20.6. The van der Waals surface area contributed by atoms with Crippen LogP contribution in [-0.4, -0.2) is 14.8 Å². The van der Waals surface area contributed by atoms with E-state index in [-0.39, 0.29) is 17.7 Å². The highest BCUT2D eigenvalue weighted by Crippen LogP contribution is 2.27. The third-order valence-electron chi connectivity index (χ3n) is 5.28. The Bertz CT molecular complexity index is 1510. The summed E-state index contributed by atoms with van der Waals surface area (Å²) >= 11 is 0. The van der Waals surface area contributed by atoms with Gasteiger partial charge >= 0.3 is 0 Å². The highest BCUT2D eigenvalue weighted by molar-refractivity contribution is 5.81. The summed E-state index contributed by atoms with van der Waals surface area (Å²) in [6.07, 6.45) is 3.22. The number of nitrogens with one attached hydrogen (secondary N) is 1. The van der Waals surface area contributed by atoms with Crippen LogP contribution in [0.4, 0.5) is 13.2 Å². The summed E-state index contributed by atoms with van der Waals surface area (Å²) < 4.78 is 48.0. The minimum atomic E-state index is -1.24. The van der Waals surface area contributed by atoms with Crippen LogP contribution in [0.2, 0.25) is 0 Å². The lowest BCUT2D eigenvalue weighted by molar-refractivity contribution is 0.307. The first-order chi connectivity index (χ1) is 16.0. The summed E-state index contributed by atoms with van der Waals surface area (Å²) in [5.74, 6) is -2.71. The Morgan fingerprint density at radius 3 is 2.45 bits per heavy atom. The summed E-state index contributed by atoms with van der Waals surface area (Å²) in [6, 6.07) is 16.6. The zero-order valence-corrected chi connectivity index (χ0v) is 17.1. The lowest BCUT2D eigenvalue weighted by Gasteiger charge is -2.09. The Balaban J connectivity index is 1.39. The molecule has 2 aromatic heterocycles. The molecule has 0 aliphatic carbocycles. The molecule has 0 atom stereocenters. The van der Waals surface area contributed by atoms with E-state index in [4.69, 9.17) is 4.74 Å². The molecule has 0 bridgehead atoms. The van der Waals surface area contributed by atoms with Crippen LogP contribution in [0.25, 0.3) is 27.7 Å². The lowest BCUT2D eigenvalue weighted by Crippen LogP contribution is -2.14. The van der Waals surface area contributed by atoms with Gasteiger partial charge in [0.1, 0.15) is 18.2 Å². The topological polar surface area (TPSA) is 59.9 Å². The molecule has 5 rings (SSSR count). The van der Waals surface area contributed by atoms with Crippen LogP contribution in [0.1, 0.15) is 5.56 Å². The molecule has 0 spiro atoms. The molecule has 5 aromatic rings. The predicted molar refractivity (Wildman–Crippen MR) is 118 cm³/mol. The fourth-order valence-electron chi connectivity index (χ4n) is 3.62. The number of aromatic nitrogens is 3. The van der Waals surface area contributed by atoms with Gasteiger partial charge in [0, 0.05) is 23.4 Å². The second-order valence-electron chi connectivity index (χ2n) is 7.36. The Kier molecular flexibility index (Phi) is 5.18. The normalized spacial score (nSPS) is 11.1. The number of para-hydroxylation sites is 1. The van der Waals surface area contributed by atoms with Crippen molar-refractivity contribution in [3.05, 3.63) is 112 Å². The van der Waals surface area contributed by atoms with Gasteiger partial charge in [-0.25, -0.2) is 17.9 Å². The standard InChI is InChI=1S/C25H16F3N3O2/c26-21-12-23(28)22(27)11-20(21)15-6-8-18(9-7-15)33-14-16-3-1-5-19-24(16)30-31(25(19)32)17-4-2-10-29-13-17/h1-13,30H,14H2. The quantitative estimate of drug-likeness (QED) is 0.368. The molecular weight excluding hydrogens is 431 g/mol. The van der Waals surface area contributed by atoms with E-state index < -0.39 is 17.5 Å². The highest BCUT2D eigenvalue weighted by atomic mass is 19.2. The molecular formula is C25H16F3N3O2. The number of aromatic amines is 1. The zero-order valence-electron chi connectivity index (χ0n) is 17.1. The molecule has 0 fully saturated rings. The summed E-state index contributed by atoms with van der Waals surface area (Å²) in [5.41, 5.74) is 2.18. The van der Waals surface area contributed by atoms with E-state index in [2.05, 4.69) is 10.1 Å². The lowest BCUT2D eigenvalue weighted by atomic mass is 10.0. The summed E-state index contributed by atoms with van der Waals surface area (Å²) in [5, 5.41) is 3.63. The largest absolute Gasteiger partial charge is 0.489 e.